The van der Waals surface area contributed by atoms with Gasteiger partial charge >= 0.3 is 5.69 Å². The van der Waals surface area contributed by atoms with E-state index in [-0.39, 0.29) is 17.2 Å². The van der Waals surface area contributed by atoms with Crippen LogP contribution in [0.4, 0.5) is 0 Å². The van der Waals surface area contributed by atoms with Crippen LogP contribution in [0, 0.1) is 19.8 Å². The molecule has 3 aromatic heterocycles. The Bertz CT molecular complexity index is 1050. The van der Waals surface area contributed by atoms with Gasteiger partial charge in [-0.05, 0) is 19.8 Å². The summed E-state index contributed by atoms with van der Waals surface area (Å²) in [4.78, 5) is 30.1. The number of rotatable bonds is 4. The molecule has 3 aromatic rings. The molecule has 0 unspecified atom stereocenters. The molecule has 3 rings (SSSR count). The summed E-state index contributed by atoms with van der Waals surface area (Å²) in [7, 11) is 1.65. The summed E-state index contributed by atoms with van der Waals surface area (Å²) in [6.07, 6.45) is 0. The Labute approximate surface area is 144 Å². The number of alkyl halides is 1. The van der Waals surface area contributed by atoms with Crippen molar-refractivity contribution in [1.29, 1.82) is 0 Å². The van der Waals surface area contributed by atoms with E-state index in [1.165, 1.54) is 9.13 Å². The molecule has 0 aliphatic carbocycles. The molecule has 0 aliphatic rings. The molecule has 0 aromatic carbocycles. The zero-order valence-corrected chi connectivity index (χ0v) is 15.4. The van der Waals surface area contributed by atoms with Gasteiger partial charge < -0.3 is 4.57 Å². The van der Waals surface area contributed by atoms with Crippen molar-refractivity contribution in [2.75, 3.05) is 5.88 Å². The lowest BCUT2D eigenvalue weighted by Crippen LogP contribution is -2.40. The summed E-state index contributed by atoms with van der Waals surface area (Å²) in [5.74, 6) is 1.29. The van der Waals surface area contributed by atoms with Crippen LogP contribution >= 0.6 is 11.6 Å². The number of hydrogen-bond donors (Lipinski definition) is 0. The number of halogens is 1. The highest BCUT2D eigenvalue weighted by molar-refractivity contribution is 6.17. The zero-order chi connectivity index (χ0) is 17.8. The Morgan fingerprint density at radius 3 is 2.38 bits per heavy atom. The average Bonchev–Trinajstić information content (AvgIpc) is 3.02. The van der Waals surface area contributed by atoms with Crippen molar-refractivity contribution < 1.29 is 0 Å². The number of nitrogens with zero attached hydrogens (tertiary/aromatic N) is 5. The second kappa shape index (κ2) is 5.81. The van der Waals surface area contributed by atoms with Crippen LogP contribution in [0.2, 0.25) is 0 Å². The summed E-state index contributed by atoms with van der Waals surface area (Å²) in [5.41, 5.74) is 2.18. The third-order valence-corrected chi connectivity index (χ3v) is 4.65. The highest BCUT2D eigenvalue weighted by atomic mass is 35.5. The van der Waals surface area contributed by atoms with Crippen molar-refractivity contribution >= 4 is 28.5 Å². The summed E-state index contributed by atoms with van der Waals surface area (Å²) in [5, 5.41) is 0. The van der Waals surface area contributed by atoms with Crippen LogP contribution in [0.5, 0.6) is 0 Å². The van der Waals surface area contributed by atoms with Gasteiger partial charge in [-0.1, -0.05) is 13.8 Å². The molecule has 130 valence electrons. The minimum atomic E-state index is -0.333. The first-order valence-electron chi connectivity index (χ1n) is 8.03. The van der Waals surface area contributed by atoms with Gasteiger partial charge in [0.1, 0.15) is 0 Å². The van der Waals surface area contributed by atoms with Gasteiger partial charge in [-0.25, -0.2) is 4.79 Å². The molecule has 0 saturated heterocycles. The van der Waals surface area contributed by atoms with Crippen LogP contribution < -0.4 is 11.2 Å². The van der Waals surface area contributed by atoms with Gasteiger partial charge in [-0.3, -0.25) is 18.3 Å². The van der Waals surface area contributed by atoms with Crippen molar-refractivity contribution in [1.82, 2.24) is 23.1 Å². The van der Waals surface area contributed by atoms with Crippen LogP contribution in [-0.4, -0.2) is 29.0 Å². The molecule has 0 fully saturated rings. The fourth-order valence-corrected chi connectivity index (χ4v) is 3.36. The largest absolute Gasteiger partial charge is 0.332 e. The lowest BCUT2D eigenvalue weighted by molar-refractivity contribution is 0.484. The molecule has 8 heteroatoms. The number of imidazole rings is 2. The van der Waals surface area contributed by atoms with Crippen LogP contribution in [0.25, 0.3) is 16.9 Å². The van der Waals surface area contributed by atoms with Gasteiger partial charge in [0.25, 0.3) is 5.56 Å². The second-order valence-electron chi connectivity index (χ2n) is 6.58. The molecule has 3 heterocycles. The minimum absolute atomic E-state index is 0.194. The van der Waals surface area contributed by atoms with Gasteiger partial charge in [0.2, 0.25) is 5.78 Å². The first kappa shape index (κ1) is 16.8. The fraction of sp³-hybridized carbons (Fsp3) is 0.562. The Morgan fingerprint density at radius 2 is 1.79 bits per heavy atom. The van der Waals surface area contributed by atoms with Crippen LogP contribution in [0.3, 0.4) is 0 Å². The Hall–Kier alpha value is -2.02. The molecule has 0 saturated carbocycles. The second-order valence-corrected chi connectivity index (χ2v) is 6.96. The van der Waals surface area contributed by atoms with E-state index >= 15 is 0 Å². The van der Waals surface area contributed by atoms with E-state index in [1.54, 1.807) is 7.05 Å². The molecule has 24 heavy (non-hydrogen) atoms. The van der Waals surface area contributed by atoms with E-state index in [1.807, 2.05) is 36.7 Å². The average molecular weight is 352 g/mol. The highest BCUT2D eigenvalue weighted by Gasteiger charge is 2.22. The molecule has 0 radical (unpaired) electrons. The molecule has 0 atom stereocenters. The summed E-state index contributed by atoms with van der Waals surface area (Å²) < 4.78 is 6.58. The van der Waals surface area contributed by atoms with E-state index in [2.05, 4.69) is 4.98 Å². The van der Waals surface area contributed by atoms with Gasteiger partial charge in [0.15, 0.2) is 11.2 Å². The van der Waals surface area contributed by atoms with E-state index in [4.69, 9.17) is 11.6 Å². The van der Waals surface area contributed by atoms with E-state index < -0.39 is 0 Å². The molecule has 0 spiro atoms. The maximum Gasteiger partial charge on any atom is 0.332 e. The first-order chi connectivity index (χ1) is 11.3. The monoisotopic (exact) mass is 351 g/mol. The van der Waals surface area contributed by atoms with Crippen molar-refractivity contribution in [2.45, 2.75) is 40.8 Å². The maximum atomic E-state index is 13.0. The van der Waals surface area contributed by atoms with Gasteiger partial charge in [-0.2, -0.15) is 4.98 Å². The predicted molar refractivity (Wildman–Crippen MR) is 95.2 cm³/mol. The first-order valence-corrected chi connectivity index (χ1v) is 8.56. The van der Waals surface area contributed by atoms with Crippen LogP contribution in [-0.2, 0) is 20.1 Å². The van der Waals surface area contributed by atoms with Crippen molar-refractivity contribution in [3.63, 3.8) is 0 Å². The van der Waals surface area contributed by atoms with Crippen molar-refractivity contribution in [3.8, 4) is 0 Å². The van der Waals surface area contributed by atoms with E-state index in [0.29, 0.717) is 35.9 Å². The smallest absolute Gasteiger partial charge is 0.313 e. The maximum absolute atomic E-state index is 13.0. The number of fused-ring (bicyclic) bond motifs is 3. The number of hydrogen-bond acceptors (Lipinski definition) is 3. The molecule has 0 bridgehead atoms. The third kappa shape index (κ3) is 2.22. The van der Waals surface area contributed by atoms with Gasteiger partial charge in [0, 0.05) is 37.4 Å². The number of aryl methyl sites for hydroxylation is 3. The number of aromatic nitrogens is 5. The molecule has 0 amide bonds. The van der Waals surface area contributed by atoms with E-state index in [9.17, 15) is 9.59 Å². The van der Waals surface area contributed by atoms with Crippen molar-refractivity contribution in [2.24, 2.45) is 13.0 Å². The third-order valence-electron chi connectivity index (χ3n) is 4.49. The summed E-state index contributed by atoms with van der Waals surface area (Å²) >= 11 is 5.91. The van der Waals surface area contributed by atoms with Crippen LogP contribution in [0.1, 0.15) is 25.2 Å². The molecule has 0 aliphatic heterocycles. The zero-order valence-electron chi connectivity index (χ0n) is 14.6. The quantitative estimate of drug-likeness (QED) is 0.671. The Morgan fingerprint density at radius 1 is 1.12 bits per heavy atom. The van der Waals surface area contributed by atoms with E-state index in [0.717, 1.165) is 11.4 Å². The van der Waals surface area contributed by atoms with Crippen molar-refractivity contribution in [3.05, 3.63) is 32.2 Å². The lowest BCUT2D eigenvalue weighted by Gasteiger charge is -2.10. The Kier molecular flexibility index (Phi) is 4.07. The summed E-state index contributed by atoms with van der Waals surface area (Å²) in [6, 6.07) is 0. The predicted octanol–water partition coefficient (Wildman–Crippen LogP) is 1.66. The molecule has 7 nitrogen and oxygen atoms in total. The highest BCUT2D eigenvalue weighted by Crippen LogP contribution is 2.20. The Balaban J connectivity index is 2.52. The minimum Gasteiger partial charge on any atom is -0.313 e. The SMILES string of the molecule is Cc1c(C)n2c3c(=O)n(CC(C)C)c(=O)n(C)c3nc2n1CCCl. The van der Waals surface area contributed by atoms with Gasteiger partial charge in [-0.15, -0.1) is 11.6 Å². The molecule has 0 N–H and O–H groups in total. The van der Waals surface area contributed by atoms with Gasteiger partial charge in [0.05, 0.1) is 0 Å². The molecular weight excluding hydrogens is 330 g/mol. The summed E-state index contributed by atoms with van der Waals surface area (Å²) in [6.45, 7) is 8.88. The topological polar surface area (TPSA) is 66.2 Å². The van der Waals surface area contributed by atoms with Crippen LogP contribution in [0.15, 0.2) is 9.59 Å². The molecular formula is C16H22ClN5O2. The fourth-order valence-electron chi connectivity index (χ4n) is 3.19. The standard InChI is InChI=1S/C16H22ClN5O2/c1-9(2)8-21-14(23)12-13(19(5)16(21)24)18-15-20(7-6-17)10(3)11(4)22(12)15/h9H,6-8H2,1-5H3. The lowest BCUT2D eigenvalue weighted by atomic mass is 10.2. The normalized spacial score (nSPS) is 12.1.